The van der Waals surface area contributed by atoms with Gasteiger partial charge in [0.1, 0.15) is 6.04 Å². The molecule has 0 aromatic heterocycles. The van der Waals surface area contributed by atoms with Gasteiger partial charge in [-0.25, -0.2) is 0 Å². The van der Waals surface area contributed by atoms with E-state index in [1.54, 1.807) is 0 Å². The van der Waals surface area contributed by atoms with Gasteiger partial charge in [-0.15, -0.1) is 0 Å². The van der Waals surface area contributed by atoms with Crippen molar-refractivity contribution < 1.29 is 9.59 Å². The van der Waals surface area contributed by atoms with Crippen molar-refractivity contribution >= 4 is 11.8 Å². The lowest BCUT2D eigenvalue weighted by Gasteiger charge is -2.38. The third kappa shape index (κ3) is 24.2. The number of hydrogen-bond donors (Lipinski definition) is 1. The van der Waals surface area contributed by atoms with E-state index in [1.165, 1.54) is 173 Å². The van der Waals surface area contributed by atoms with Crippen LogP contribution in [0.5, 0.6) is 0 Å². The second-order valence-electron chi connectivity index (χ2n) is 18.0. The summed E-state index contributed by atoms with van der Waals surface area (Å²) in [7, 11) is 2.23. The van der Waals surface area contributed by atoms with Gasteiger partial charge in [0.05, 0.1) is 0 Å². The van der Waals surface area contributed by atoms with Crippen molar-refractivity contribution in [3.05, 3.63) is 0 Å². The van der Waals surface area contributed by atoms with Crippen LogP contribution in [0.25, 0.3) is 0 Å². The molecule has 5 heteroatoms. The molecule has 53 heavy (non-hydrogen) atoms. The molecule has 2 unspecified atom stereocenters. The van der Waals surface area contributed by atoms with Crippen LogP contribution < -0.4 is 5.32 Å². The first-order valence-corrected chi connectivity index (χ1v) is 24.3. The SMILES string of the molecule is CCCCCCCCCCCC(=O)N(CC(CCCCCCCC)CCCCCCCCCC)C(CC1CCN(C)CC1)C(=O)NC1CCCCCC1. The van der Waals surface area contributed by atoms with E-state index in [4.69, 9.17) is 0 Å². The molecule has 1 aliphatic heterocycles. The number of amides is 2. The molecule has 2 amide bonds. The van der Waals surface area contributed by atoms with Gasteiger partial charge in [0.15, 0.2) is 0 Å². The Labute approximate surface area is 331 Å². The van der Waals surface area contributed by atoms with Crippen molar-refractivity contribution in [3.63, 3.8) is 0 Å². The van der Waals surface area contributed by atoms with Gasteiger partial charge in [0, 0.05) is 19.0 Å². The minimum Gasteiger partial charge on any atom is -0.352 e. The Hall–Kier alpha value is -1.10. The number of carbonyl (C=O) groups is 2. The van der Waals surface area contributed by atoms with Crippen LogP contribution in [0, 0.1) is 11.8 Å². The molecule has 0 bridgehead atoms. The van der Waals surface area contributed by atoms with Crippen LogP contribution in [0.3, 0.4) is 0 Å². The van der Waals surface area contributed by atoms with E-state index in [2.05, 4.69) is 42.9 Å². The molecule has 2 fully saturated rings. The summed E-state index contributed by atoms with van der Waals surface area (Å²) in [6.07, 6.45) is 43.3. The molecule has 2 rings (SSSR count). The number of nitrogens with one attached hydrogen (secondary N) is 1. The zero-order chi connectivity index (χ0) is 38.2. The van der Waals surface area contributed by atoms with Gasteiger partial charge >= 0.3 is 0 Å². The Balaban J connectivity index is 2.20. The molecule has 2 aliphatic rings. The second kappa shape index (κ2) is 33.1. The smallest absolute Gasteiger partial charge is 0.243 e. The van der Waals surface area contributed by atoms with E-state index in [9.17, 15) is 9.59 Å². The highest BCUT2D eigenvalue weighted by Crippen LogP contribution is 2.28. The summed E-state index contributed by atoms with van der Waals surface area (Å²) in [4.78, 5) is 33.8. The topological polar surface area (TPSA) is 52.7 Å². The molecule has 1 saturated heterocycles. The maximum atomic E-state index is 14.6. The number of hydrogen-bond acceptors (Lipinski definition) is 3. The first-order valence-electron chi connectivity index (χ1n) is 24.3. The highest BCUT2D eigenvalue weighted by molar-refractivity contribution is 5.88. The zero-order valence-corrected chi connectivity index (χ0v) is 36.4. The summed E-state index contributed by atoms with van der Waals surface area (Å²) < 4.78 is 0. The Morgan fingerprint density at radius 3 is 1.49 bits per heavy atom. The maximum absolute atomic E-state index is 14.6. The number of rotatable bonds is 33. The molecule has 1 aliphatic carbocycles. The highest BCUT2D eigenvalue weighted by Gasteiger charge is 2.35. The van der Waals surface area contributed by atoms with Crippen LogP contribution >= 0.6 is 0 Å². The van der Waals surface area contributed by atoms with Crippen LogP contribution in [0.15, 0.2) is 0 Å². The van der Waals surface area contributed by atoms with Crippen LogP contribution in [-0.2, 0) is 9.59 Å². The number of likely N-dealkylation sites (tertiary alicyclic amines) is 1. The molecule has 0 radical (unpaired) electrons. The highest BCUT2D eigenvalue weighted by atomic mass is 16.2. The lowest BCUT2D eigenvalue weighted by Crippen LogP contribution is -2.54. The summed E-state index contributed by atoms with van der Waals surface area (Å²) in [6, 6.07) is -0.0427. The Morgan fingerprint density at radius 2 is 1.02 bits per heavy atom. The van der Waals surface area contributed by atoms with E-state index >= 15 is 0 Å². The molecule has 312 valence electrons. The fraction of sp³-hybridized carbons (Fsp3) is 0.958. The Bertz CT molecular complexity index is 848. The van der Waals surface area contributed by atoms with Gasteiger partial charge in [-0.05, 0) is 83.3 Å². The molecule has 1 N–H and O–H groups in total. The van der Waals surface area contributed by atoms with Gasteiger partial charge < -0.3 is 15.1 Å². The average Bonchev–Trinajstić information content (AvgIpc) is 3.43. The summed E-state index contributed by atoms with van der Waals surface area (Å²) in [5, 5.41) is 3.58. The van der Waals surface area contributed by atoms with Crippen molar-refractivity contribution in [2.45, 2.75) is 258 Å². The first-order chi connectivity index (χ1) is 26.0. The summed E-state index contributed by atoms with van der Waals surface area (Å²) in [5.74, 6) is 1.45. The molecule has 1 saturated carbocycles. The average molecular weight is 744 g/mol. The third-order valence-corrected chi connectivity index (χ3v) is 13.0. The molecule has 5 nitrogen and oxygen atoms in total. The Kier molecular flexibility index (Phi) is 30.0. The molecule has 0 spiro atoms. The third-order valence-electron chi connectivity index (χ3n) is 13.0. The number of piperidine rings is 1. The summed E-state index contributed by atoms with van der Waals surface area (Å²) in [6.45, 7) is 9.88. The van der Waals surface area contributed by atoms with E-state index in [0.717, 1.165) is 64.6 Å². The normalized spacial score (nSPS) is 17.4. The lowest BCUT2D eigenvalue weighted by molar-refractivity contribution is -0.142. The predicted octanol–water partition coefficient (Wildman–Crippen LogP) is 13.6. The number of unbranched alkanes of at least 4 members (excludes halogenated alkanes) is 20. The predicted molar refractivity (Wildman–Crippen MR) is 231 cm³/mol. The zero-order valence-electron chi connectivity index (χ0n) is 36.4. The second-order valence-corrected chi connectivity index (χ2v) is 18.0. The quantitative estimate of drug-likeness (QED) is 0.0538. The van der Waals surface area contributed by atoms with Gasteiger partial charge in [-0.1, -0.05) is 188 Å². The standard InChI is InChI=1S/C48H93N3O2/c1-5-8-11-14-17-19-21-24-31-36-47(52)51(42-44(32-27-22-16-13-10-7-3)33-28-23-20-18-15-12-9-6-2)46(41-43-37-39-50(4)40-38-43)48(53)49-45-34-29-25-26-30-35-45/h43-46H,5-42H2,1-4H3,(H,49,53). The molecular formula is C48H93N3O2. The van der Waals surface area contributed by atoms with E-state index in [1.807, 2.05) is 0 Å². The van der Waals surface area contributed by atoms with Gasteiger partial charge in [-0.2, -0.15) is 0 Å². The largest absolute Gasteiger partial charge is 0.352 e. The van der Waals surface area contributed by atoms with Gasteiger partial charge in [-0.3, -0.25) is 9.59 Å². The number of nitrogens with zero attached hydrogens (tertiary/aromatic N) is 2. The van der Waals surface area contributed by atoms with Crippen molar-refractivity contribution in [2.75, 3.05) is 26.7 Å². The van der Waals surface area contributed by atoms with Crippen LogP contribution in [0.1, 0.15) is 245 Å². The maximum Gasteiger partial charge on any atom is 0.243 e. The fourth-order valence-electron chi connectivity index (χ4n) is 9.23. The monoisotopic (exact) mass is 744 g/mol. The molecule has 2 atom stereocenters. The van der Waals surface area contributed by atoms with Crippen LogP contribution in [0.2, 0.25) is 0 Å². The molecule has 0 aromatic rings. The minimum atomic E-state index is -0.316. The fourth-order valence-corrected chi connectivity index (χ4v) is 9.23. The first kappa shape index (κ1) is 48.0. The summed E-state index contributed by atoms with van der Waals surface area (Å²) >= 11 is 0. The van der Waals surface area contributed by atoms with Crippen LogP contribution in [-0.4, -0.2) is 60.4 Å². The van der Waals surface area contributed by atoms with Crippen molar-refractivity contribution in [1.82, 2.24) is 15.1 Å². The van der Waals surface area contributed by atoms with Crippen LogP contribution in [0.4, 0.5) is 0 Å². The van der Waals surface area contributed by atoms with Crippen molar-refractivity contribution in [2.24, 2.45) is 11.8 Å². The minimum absolute atomic E-state index is 0.168. The van der Waals surface area contributed by atoms with Gasteiger partial charge in [0.2, 0.25) is 11.8 Å². The molecule has 0 aromatic carbocycles. The van der Waals surface area contributed by atoms with E-state index in [0.29, 0.717) is 18.3 Å². The van der Waals surface area contributed by atoms with Crippen molar-refractivity contribution in [1.29, 1.82) is 0 Å². The van der Waals surface area contributed by atoms with Gasteiger partial charge in [0.25, 0.3) is 0 Å². The van der Waals surface area contributed by atoms with E-state index < -0.39 is 0 Å². The Morgan fingerprint density at radius 1 is 0.585 bits per heavy atom. The lowest BCUT2D eigenvalue weighted by atomic mass is 9.87. The molecular weight excluding hydrogens is 651 g/mol. The van der Waals surface area contributed by atoms with E-state index in [-0.39, 0.29) is 23.9 Å². The molecule has 1 heterocycles. The van der Waals surface area contributed by atoms with Crippen molar-refractivity contribution in [3.8, 4) is 0 Å². The number of carbonyl (C=O) groups excluding carboxylic acids is 2. The summed E-state index contributed by atoms with van der Waals surface area (Å²) in [5.41, 5.74) is 0.